The van der Waals surface area contributed by atoms with E-state index in [2.05, 4.69) is 15.3 Å². The second-order valence-electron chi connectivity index (χ2n) is 6.78. The van der Waals surface area contributed by atoms with Crippen LogP contribution < -0.4 is 16.0 Å². The van der Waals surface area contributed by atoms with Crippen molar-refractivity contribution in [2.75, 3.05) is 30.3 Å². The zero-order valence-corrected chi connectivity index (χ0v) is 15.9. The fraction of sp³-hybridized carbons (Fsp3) is 0.400. The Hall–Kier alpha value is -3.16. The highest BCUT2D eigenvalue weighted by molar-refractivity contribution is 5.97. The van der Waals surface area contributed by atoms with Crippen molar-refractivity contribution in [3.8, 4) is 0 Å². The molecule has 1 aromatic heterocycles. The fourth-order valence-corrected chi connectivity index (χ4v) is 3.06. The first-order valence-electron chi connectivity index (χ1n) is 9.43. The van der Waals surface area contributed by atoms with E-state index in [1.807, 2.05) is 30.0 Å². The van der Waals surface area contributed by atoms with Gasteiger partial charge in [-0.15, -0.1) is 0 Å². The minimum Gasteiger partial charge on any atom is -0.450 e. The predicted molar refractivity (Wildman–Crippen MR) is 106 cm³/mol. The van der Waals surface area contributed by atoms with Crippen LogP contribution in [0.2, 0.25) is 0 Å². The highest BCUT2D eigenvalue weighted by atomic mass is 16.5. The molecule has 1 atom stereocenters. The molecule has 1 aliphatic heterocycles. The number of para-hydroxylation sites is 1. The van der Waals surface area contributed by atoms with E-state index < -0.39 is 6.09 Å². The molecule has 2 aromatic rings. The Balaban J connectivity index is 1.55. The molecular weight excluding hydrogens is 358 g/mol. The third-order valence-electron chi connectivity index (χ3n) is 4.60. The van der Waals surface area contributed by atoms with Gasteiger partial charge in [-0.25, -0.2) is 14.8 Å². The molecule has 0 radical (unpaired) electrons. The van der Waals surface area contributed by atoms with E-state index in [0.717, 1.165) is 24.9 Å². The molecule has 0 unspecified atom stereocenters. The molecule has 8 nitrogen and oxygen atoms in total. The summed E-state index contributed by atoms with van der Waals surface area (Å²) in [6.07, 6.45) is 4.49. The standard InChI is InChI=1S/C20H25N5O3/c1-2-9-28-20(27)24-16-7-8-25(13-16)19-22-11-15(12-23-19)18(26)10-14-5-3-4-6-17(14)21/h3-6,11-12,16H,2,7-10,13,21H2,1H3,(H,24,27)/t16-/m0/s1. The summed E-state index contributed by atoms with van der Waals surface area (Å²) in [5.74, 6) is 0.464. The molecule has 3 N–H and O–H groups in total. The molecule has 2 heterocycles. The van der Waals surface area contributed by atoms with E-state index in [9.17, 15) is 9.59 Å². The molecule has 28 heavy (non-hydrogen) atoms. The van der Waals surface area contributed by atoms with Crippen molar-refractivity contribution < 1.29 is 14.3 Å². The minimum absolute atomic E-state index is 0.00433. The number of nitrogens with two attached hydrogens (primary N) is 1. The summed E-state index contributed by atoms with van der Waals surface area (Å²) in [4.78, 5) is 34.7. The number of hydrogen-bond acceptors (Lipinski definition) is 7. The van der Waals surface area contributed by atoms with E-state index in [1.54, 1.807) is 18.5 Å². The number of amides is 1. The number of carbonyl (C=O) groups is 2. The van der Waals surface area contributed by atoms with Crippen LogP contribution in [0.1, 0.15) is 35.7 Å². The van der Waals surface area contributed by atoms with E-state index in [4.69, 9.17) is 10.5 Å². The molecular formula is C20H25N5O3. The van der Waals surface area contributed by atoms with Crippen LogP contribution in [0.4, 0.5) is 16.4 Å². The summed E-state index contributed by atoms with van der Waals surface area (Å²) in [5, 5.41) is 2.85. The van der Waals surface area contributed by atoms with Gasteiger partial charge in [-0.3, -0.25) is 4.79 Å². The number of carbonyl (C=O) groups excluding carboxylic acids is 2. The summed E-state index contributed by atoms with van der Waals surface area (Å²) in [6, 6.07) is 7.30. The van der Waals surface area contributed by atoms with Crippen LogP contribution in [-0.2, 0) is 11.2 Å². The molecule has 0 saturated carbocycles. The highest BCUT2D eigenvalue weighted by Crippen LogP contribution is 2.17. The average molecular weight is 383 g/mol. The lowest BCUT2D eigenvalue weighted by atomic mass is 10.0. The Morgan fingerprint density at radius 2 is 2.04 bits per heavy atom. The second-order valence-corrected chi connectivity index (χ2v) is 6.78. The maximum atomic E-state index is 12.4. The first-order valence-corrected chi connectivity index (χ1v) is 9.43. The molecule has 1 aliphatic rings. The van der Waals surface area contributed by atoms with Crippen LogP contribution >= 0.6 is 0 Å². The molecule has 8 heteroatoms. The lowest BCUT2D eigenvalue weighted by Gasteiger charge is -2.17. The third-order valence-corrected chi connectivity index (χ3v) is 4.60. The smallest absolute Gasteiger partial charge is 0.407 e. The molecule has 1 amide bonds. The Kier molecular flexibility index (Phi) is 6.41. The maximum Gasteiger partial charge on any atom is 0.407 e. The number of ketones is 1. The number of aromatic nitrogens is 2. The van der Waals surface area contributed by atoms with Crippen molar-refractivity contribution in [2.45, 2.75) is 32.2 Å². The first-order chi connectivity index (χ1) is 13.6. The molecule has 0 bridgehead atoms. The van der Waals surface area contributed by atoms with Crippen molar-refractivity contribution in [3.05, 3.63) is 47.8 Å². The largest absolute Gasteiger partial charge is 0.450 e. The number of nitrogens with one attached hydrogen (secondary N) is 1. The van der Waals surface area contributed by atoms with E-state index in [0.29, 0.717) is 30.4 Å². The van der Waals surface area contributed by atoms with Gasteiger partial charge in [-0.2, -0.15) is 0 Å². The molecule has 1 fully saturated rings. The van der Waals surface area contributed by atoms with Gasteiger partial charge in [0, 0.05) is 37.6 Å². The van der Waals surface area contributed by atoms with Gasteiger partial charge in [0.05, 0.1) is 18.2 Å². The van der Waals surface area contributed by atoms with Crippen molar-refractivity contribution >= 4 is 23.5 Å². The number of rotatable bonds is 7. The SMILES string of the molecule is CCCOC(=O)N[C@H]1CCN(c2ncc(C(=O)Cc3ccccc3N)cn2)C1. The zero-order valence-electron chi connectivity index (χ0n) is 15.9. The van der Waals surface area contributed by atoms with Gasteiger partial charge >= 0.3 is 6.09 Å². The number of ether oxygens (including phenoxy) is 1. The van der Waals surface area contributed by atoms with Gasteiger partial charge in [0.25, 0.3) is 0 Å². The van der Waals surface area contributed by atoms with Gasteiger partial charge in [0.15, 0.2) is 5.78 Å². The zero-order chi connectivity index (χ0) is 19.9. The van der Waals surface area contributed by atoms with Crippen LogP contribution in [0.15, 0.2) is 36.7 Å². The Bertz CT molecular complexity index is 825. The van der Waals surface area contributed by atoms with Crippen molar-refractivity contribution in [3.63, 3.8) is 0 Å². The Morgan fingerprint density at radius 3 is 2.75 bits per heavy atom. The van der Waals surface area contributed by atoms with Gasteiger partial charge in [-0.1, -0.05) is 25.1 Å². The van der Waals surface area contributed by atoms with Gasteiger partial charge in [-0.05, 0) is 24.5 Å². The van der Waals surface area contributed by atoms with Crippen molar-refractivity contribution in [1.82, 2.24) is 15.3 Å². The van der Waals surface area contributed by atoms with Crippen molar-refractivity contribution in [2.24, 2.45) is 0 Å². The van der Waals surface area contributed by atoms with Crippen LogP contribution in [0.3, 0.4) is 0 Å². The van der Waals surface area contributed by atoms with Gasteiger partial charge in [0.1, 0.15) is 0 Å². The lowest BCUT2D eigenvalue weighted by molar-refractivity contribution is 0.0992. The quantitative estimate of drug-likeness (QED) is 0.557. The van der Waals surface area contributed by atoms with E-state index in [1.165, 1.54) is 0 Å². The molecule has 0 aliphatic carbocycles. The number of nitrogen functional groups attached to an aromatic ring is 1. The van der Waals surface area contributed by atoms with Crippen LogP contribution in [-0.4, -0.2) is 47.6 Å². The molecule has 3 rings (SSSR count). The molecule has 148 valence electrons. The number of hydrogen-bond donors (Lipinski definition) is 2. The monoisotopic (exact) mass is 383 g/mol. The normalized spacial score (nSPS) is 16.0. The predicted octanol–water partition coefficient (Wildman–Crippen LogP) is 2.20. The number of nitrogens with zero attached hydrogens (tertiary/aromatic N) is 3. The number of benzene rings is 1. The molecule has 1 aromatic carbocycles. The van der Waals surface area contributed by atoms with E-state index >= 15 is 0 Å². The second kappa shape index (κ2) is 9.16. The topological polar surface area (TPSA) is 110 Å². The Morgan fingerprint density at radius 1 is 1.29 bits per heavy atom. The van der Waals surface area contributed by atoms with Crippen LogP contribution in [0.5, 0.6) is 0 Å². The molecule has 1 saturated heterocycles. The number of alkyl carbamates (subject to hydrolysis) is 1. The molecule has 0 spiro atoms. The number of Topliss-reactive ketones (excluding diaryl/α,β-unsaturated/α-hetero) is 1. The number of anilines is 2. The maximum absolute atomic E-state index is 12.4. The summed E-state index contributed by atoms with van der Waals surface area (Å²) >= 11 is 0. The van der Waals surface area contributed by atoms with Gasteiger partial charge < -0.3 is 20.7 Å². The Labute approximate surface area is 164 Å². The average Bonchev–Trinajstić information content (AvgIpc) is 3.16. The van der Waals surface area contributed by atoms with Crippen LogP contribution in [0, 0.1) is 0 Å². The van der Waals surface area contributed by atoms with Crippen LogP contribution in [0.25, 0.3) is 0 Å². The summed E-state index contributed by atoms with van der Waals surface area (Å²) < 4.78 is 5.05. The van der Waals surface area contributed by atoms with E-state index in [-0.39, 0.29) is 18.2 Å². The first kappa shape index (κ1) is 19.6. The fourth-order valence-electron chi connectivity index (χ4n) is 3.06. The summed E-state index contributed by atoms with van der Waals surface area (Å²) in [6.45, 7) is 3.70. The van der Waals surface area contributed by atoms with Crippen molar-refractivity contribution in [1.29, 1.82) is 0 Å². The third kappa shape index (κ3) is 4.97. The lowest BCUT2D eigenvalue weighted by Crippen LogP contribution is -2.37. The highest BCUT2D eigenvalue weighted by Gasteiger charge is 2.26. The summed E-state index contributed by atoms with van der Waals surface area (Å²) in [5.41, 5.74) is 7.74. The van der Waals surface area contributed by atoms with Gasteiger partial charge in [0.2, 0.25) is 5.95 Å². The minimum atomic E-state index is -0.393. The summed E-state index contributed by atoms with van der Waals surface area (Å²) in [7, 11) is 0.